The number of benzene rings is 1. The Morgan fingerprint density at radius 1 is 0.944 bits per heavy atom. The first-order valence-corrected chi connectivity index (χ1v) is 7.34. The van der Waals surface area contributed by atoms with Crippen LogP contribution in [0.15, 0.2) is 24.3 Å². The average molecular weight is 245 g/mol. The molecule has 1 aromatic rings. The first kappa shape index (κ1) is 13.6. The average Bonchev–Trinajstić information content (AvgIpc) is 2.31. The van der Waals surface area contributed by atoms with Gasteiger partial charge in [-0.25, -0.2) is 0 Å². The molecule has 1 aromatic carbocycles. The fourth-order valence-electron chi connectivity index (χ4n) is 2.81. The number of piperidine rings is 1. The van der Waals surface area contributed by atoms with E-state index in [2.05, 4.69) is 49.9 Å². The van der Waals surface area contributed by atoms with Crippen LogP contribution >= 0.6 is 0 Å². The van der Waals surface area contributed by atoms with Gasteiger partial charge in [0.1, 0.15) is 0 Å². The Hall–Kier alpha value is -0.820. The molecule has 0 bridgehead atoms. The molecule has 1 heterocycles. The van der Waals surface area contributed by atoms with Gasteiger partial charge in [-0.3, -0.25) is 4.90 Å². The molecule has 0 atom stereocenters. The van der Waals surface area contributed by atoms with Gasteiger partial charge in [0.2, 0.25) is 0 Å². The molecule has 1 heteroatoms. The summed E-state index contributed by atoms with van der Waals surface area (Å²) in [6.45, 7) is 10.7. The van der Waals surface area contributed by atoms with Gasteiger partial charge in [0.15, 0.2) is 0 Å². The van der Waals surface area contributed by atoms with E-state index in [9.17, 15) is 0 Å². The molecule has 0 aliphatic carbocycles. The van der Waals surface area contributed by atoms with Crippen molar-refractivity contribution in [3.63, 3.8) is 0 Å². The van der Waals surface area contributed by atoms with Gasteiger partial charge in [0, 0.05) is 6.54 Å². The molecule has 1 fully saturated rings. The van der Waals surface area contributed by atoms with Gasteiger partial charge in [-0.2, -0.15) is 0 Å². The van der Waals surface area contributed by atoms with Gasteiger partial charge < -0.3 is 0 Å². The molecule has 0 aromatic heterocycles. The van der Waals surface area contributed by atoms with E-state index >= 15 is 0 Å². The van der Waals surface area contributed by atoms with Crippen molar-refractivity contribution >= 4 is 0 Å². The highest BCUT2D eigenvalue weighted by Crippen LogP contribution is 2.24. The maximum atomic E-state index is 2.62. The number of likely N-dealkylation sites (tertiary alicyclic amines) is 1. The second-order valence-corrected chi connectivity index (χ2v) is 6.84. The summed E-state index contributed by atoms with van der Waals surface area (Å²) < 4.78 is 0. The molecule has 0 N–H and O–H groups in total. The molecule has 100 valence electrons. The third-order valence-electron chi connectivity index (χ3n) is 3.68. The zero-order valence-electron chi connectivity index (χ0n) is 12.2. The van der Waals surface area contributed by atoms with Crippen LogP contribution in [0.2, 0.25) is 0 Å². The third-order valence-corrected chi connectivity index (χ3v) is 3.68. The maximum absolute atomic E-state index is 2.62. The Balaban J connectivity index is 2.06. The molecule has 0 radical (unpaired) electrons. The minimum Gasteiger partial charge on any atom is -0.299 e. The molecule has 0 saturated carbocycles. The van der Waals surface area contributed by atoms with Gasteiger partial charge in [-0.1, -0.05) is 51.5 Å². The summed E-state index contributed by atoms with van der Waals surface area (Å²) >= 11 is 0. The lowest BCUT2D eigenvalue weighted by molar-refractivity contribution is 0.220. The van der Waals surface area contributed by atoms with Crippen molar-refractivity contribution < 1.29 is 0 Å². The van der Waals surface area contributed by atoms with E-state index in [1.54, 1.807) is 0 Å². The highest BCUT2D eigenvalue weighted by molar-refractivity contribution is 5.28. The molecule has 0 unspecified atom stereocenters. The summed E-state index contributed by atoms with van der Waals surface area (Å²) in [5.41, 5.74) is 3.45. The fraction of sp³-hybridized carbons (Fsp3) is 0.647. The van der Waals surface area contributed by atoms with Crippen LogP contribution in [-0.4, -0.2) is 18.0 Å². The van der Waals surface area contributed by atoms with Crippen molar-refractivity contribution in [3.8, 4) is 0 Å². The summed E-state index contributed by atoms with van der Waals surface area (Å²) in [4.78, 5) is 2.62. The van der Waals surface area contributed by atoms with Crippen molar-refractivity contribution in [1.29, 1.82) is 0 Å². The lowest BCUT2D eigenvalue weighted by atomic mass is 9.86. The molecular weight excluding hydrogens is 218 g/mol. The summed E-state index contributed by atoms with van der Waals surface area (Å²) in [5, 5.41) is 0. The first-order chi connectivity index (χ1) is 8.54. The SMILES string of the molecule is CC(C)(C)Cc1ccccc1CN1CCCCC1. The lowest BCUT2D eigenvalue weighted by Gasteiger charge is -2.28. The maximum Gasteiger partial charge on any atom is 0.0236 e. The molecular formula is C17H27N. The molecule has 1 aliphatic rings. The standard InChI is InChI=1S/C17H27N/c1-17(2,3)13-15-9-5-6-10-16(15)14-18-11-7-4-8-12-18/h5-6,9-10H,4,7-8,11-14H2,1-3H3. The summed E-state index contributed by atoms with van der Waals surface area (Å²) in [6.07, 6.45) is 5.35. The molecule has 18 heavy (non-hydrogen) atoms. The number of nitrogens with zero attached hydrogens (tertiary/aromatic N) is 1. The van der Waals surface area contributed by atoms with Crippen LogP contribution in [0, 0.1) is 5.41 Å². The first-order valence-electron chi connectivity index (χ1n) is 7.34. The number of rotatable bonds is 3. The Kier molecular flexibility index (Phi) is 4.45. The molecule has 2 rings (SSSR count). The Labute approximate surface area is 112 Å². The van der Waals surface area contributed by atoms with Gasteiger partial charge >= 0.3 is 0 Å². The van der Waals surface area contributed by atoms with E-state index in [1.165, 1.54) is 49.9 Å². The molecule has 1 saturated heterocycles. The van der Waals surface area contributed by atoms with Gasteiger partial charge in [-0.15, -0.1) is 0 Å². The lowest BCUT2D eigenvalue weighted by Crippen LogP contribution is -2.29. The van der Waals surface area contributed by atoms with Crippen LogP contribution in [0.1, 0.15) is 51.2 Å². The van der Waals surface area contributed by atoms with E-state index in [0.717, 1.165) is 6.54 Å². The topological polar surface area (TPSA) is 3.24 Å². The monoisotopic (exact) mass is 245 g/mol. The zero-order valence-corrected chi connectivity index (χ0v) is 12.2. The van der Waals surface area contributed by atoms with Crippen molar-refractivity contribution in [2.45, 2.75) is 53.0 Å². The molecule has 1 nitrogen and oxygen atoms in total. The van der Waals surface area contributed by atoms with Gasteiger partial charge in [0.25, 0.3) is 0 Å². The van der Waals surface area contributed by atoms with Gasteiger partial charge in [0.05, 0.1) is 0 Å². The Bertz CT molecular complexity index is 369. The van der Waals surface area contributed by atoms with Crippen molar-refractivity contribution in [2.24, 2.45) is 5.41 Å². The van der Waals surface area contributed by atoms with E-state index in [4.69, 9.17) is 0 Å². The quantitative estimate of drug-likeness (QED) is 0.769. The third kappa shape index (κ3) is 4.13. The van der Waals surface area contributed by atoms with E-state index < -0.39 is 0 Å². The summed E-state index contributed by atoms with van der Waals surface area (Å²) in [5.74, 6) is 0. The van der Waals surface area contributed by atoms with Crippen LogP contribution in [-0.2, 0) is 13.0 Å². The predicted molar refractivity (Wildman–Crippen MR) is 78.7 cm³/mol. The van der Waals surface area contributed by atoms with E-state index in [-0.39, 0.29) is 0 Å². The van der Waals surface area contributed by atoms with Crippen molar-refractivity contribution in [1.82, 2.24) is 4.90 Å². The van der Waals surface area contributed by atoms with E-state index in [0.29, 0.717) is 5.41 Å². The number of hydrogen-bond donors (Lipinski definition) is 0. The molecule has 0 amide bonds. The summed E-state index contributed by atoms with van der Waals surface area (Å²) in [6, 6.07) is 8.99. The summed E-state index contributed by atoms with van der Waals surface area (Å²) in [7, 11) is 0. The molecule has 0 spiro atoms. The highest BCUT2D eigenvalue weighted by atomic mass is 15.1. The predicted octanol–water partition coefficient (Wildman–Crippen LogP) is 4.26. The normalized spacial score (nSPS) is 17.9. The smallest absolute Gasteiger partial charge is 0.0236 e. The largest absolute Gasteiger partial charge is 0.299 e. The minimum absolute atomic E-state index is 0.373. The Morgan fingerprint density at radius 3 is 2.17 bits per heavy atom. The minimum atomic E-state index is 0.373. The van der Waals surface area contributed by atoms with Crippen molar-refractivity contribution in [3.05, 3.63) is 35.4 Å². The van der Waals surface area contributed by atoms with Crippen molar-refractivity contribution in [2.75, 3.05) is 13.1 Å². The fourth-order valence-corrected chi connectivity index (χ4v) is 2.81. The van der Waals surface area contributed by atoms with Crippen LogP contribution < -0.4 is 0 Å². The number of hydrogen-bond acceptors (Lipinski definition) is 1. The molecule has 1 aliphatic heterocycles. The van der Waals surface area contributed by atoms with Crippen LogP contribution in [0.5, 0.6) is 0 Å². The van der Waals surface area contributed by atoms with Gasteiger partial charge in [-0.05, 0) is 48.9 Å². The van der Waals surface area contributed by atoms with Crippen LogP contribution in [0.3, 0.4) is 0 Å². The zero-order chi connectivity index (χ0) is 13.0. The van der Waals surface area contributed by atoms with E-state index in [1.807, 2.05) is 0 Å². The Morgan fingerprint density at radius 2 is 1.56 bits per heavy atom. The van der Waals surface area contributed by atoms with Crippen LogP contribution in [0.4, 0.5) is 0 Å². The second kappa shape index (κ2) is 5.88. The highest BCUT2D eigenvalue weighted by Gasteiger charge is 2.16. The van der Waals surface area contributed by atoms with Crippen LogP contribution in [0.25, 0.3) is 0 Å². The second-order valence-electron chi connectivity index (χ2n) is 6.84.